The quantitative estimate of drug-likeness (QED) is 0.0522. The molecule has 0 aliphatic heterocycles. The Morgan fingerprint density at radius 3 is 0.620 bits per heavy atom. The molecule has 388 valence electrons. The number of nitrogens with zero attached hydrogens (tertiary/aromatic N) is 6. The van der Waals surface area contributed by atoms with Gasteiger partial charge in [-0.2, -0.15) is 0 Å². The van der Waals surface area contributed by atoms with Crippen molar-refractivity contribution >= 4 is 61.2 Å². The zero-order valence-corrected chi connectivity index (χ0v) is 41.5. The first-order valence-corrected chi connectivity index (χ1v) is 24.0. The number of hydrogen-bond acceptors (Lipinski definition) is 10. The van der Waals surface area contributed by atoms with Gasteiger partial charge in [0.1, 0.15) is 23.0 Å². The van der Waals surface area contributed by atoms with Gasteiger partial charge in [-0.15, -0.1) is 0 Å². The number of rotatable bonds is 12. The molecule has 0 aliphatic carbocycles. The third kappa shape index (κ3) is 27.5. The van der Waals surface area contributed by atoms with Gasteiger partial charge in [-0.1, -0.05) is 12.1 Å². The third-order valence-electron chi connectivity index (χ3n) is 8.46. The van der Waals surface area contributed by atoms with Crippen molar-refractivity contribution < 1.29 is 85.8 Å². The number of methoxy groups -OCH3 is 4. The molecule has 0 saturated heterocycles. The number of halogens is 12. The monoisotopic (exact) mass is 1090 g/mol. The molecular weight excluding hydrogens is 1050 g/mol. The van der Waals surface area contributed by atoms with E-state index in [-0.39, 0.29) is 16.5 Å². The van der Waals surface area contributed by atoms with E-state index in [0.717, 1.165) is 91.4 Å². The molecule has 2 aromatic heterocycles. The van der Waals surface area contributed by atoms with E-state index >= 15 is 0 Å². The molecule has 0 fully saturated rings. The molecule has 0 saturated carbocycles. The maximum Gasteiger partial charge on any atom is 2.00 e. The molecular formula is C46H46F12N6NiO4P2. The molecule has 0 N–H and O–H groups in total. The van der Waals surface area contributed by atoms with Crippen molar-refractivity contribution in [1.82, 2.24) is 9.97 Å². The summed E-state index contributed by atoms with van der Waals surface area (Å²) in [5.41, 5.74) is 10.0. The van der Waals surface area contributed by atoms with E-state index < -0.39 is 15.6 Å². The van der Waals surface area contributed by atoms with Crippen LogP contribution in [0.3, 0.4) is 0 Å². The van der Waals surface area contributed by atoms with E-state index in [9.17, 15) is 50.4 Å². The van der Waals surface area contributed by atoms with E-state index in [4.69, 9.17) is 28.9 Å². The summed E-state index contributed by atoms with van der Waals surface area (Å²) in [4.78, 5) is 28.1. The molecule has 6 aromatic rings. The van der Waals surface area contributed by atoms with Crippen molar-refractivity contribution in [3.8, 4) is 23.0 Å². The number of aromatic nitrogens is 2. The van der Waals surface area contributed by atoms with Crippen LogP contribution in [0.1, 0.15) is 50.5 Å². The molecule has 0 bridgehead atoms. The minimum atomic E-state index is -10.7. The first kappa shape index (κ1) is 60.7. The van der Waals surface area contributed by atoms with Gasteiger partial charge in [-0.3, -0.25) is 20.0 Å². The first-order chi connectivity index (χ1) is 32.1. The Morgan fingerprint density at radius 2 is 0.479 bits per heavy atom. The van der Waals surface area contributed by atoms with Gasteiger partial charge in [0.05, 0.1) is 96.8 Å². The molecule has 0 unspecified atom stereocenters. The van der Waals surface area contributed by atoms with Gasteiger partial charge in [0, 0.05) is 0 Å². The topological polar surface area (TPSA) is 112 Å². The average Bonchev–Trinajstić information content (AvgIpc) is 3.28. The molecule has 0 aliphatic rings. The van der Waals surface area contributed by atoms with Gasteiger partial charge in [-0.05, 0) is 149 Å². The van der Waals surface area contributed by atoms with Crippen molar-refractivity contribution in [2.45, 2.75) is 27.7 Å². The molecule has 71 heavy (non-hydrogen) atoms. The van der Waals surface area contributed by atoms with Gasteiger partial charge in [0.2, 0.25) is 0 Å². The fourth-order valence-electron chi connectivity index (χ4n) is 5.31. The zero-order chi connectivity index (χ0) is 52.7. The van der Waals surface area contributed by atoms with Crippen molar-refractivity contribution in [2.75, 3.05) is 28.4 Å². The second kappa shape index (κ2) is 23.2. The Hall–Kier alpha value is -6.43. The SMILES string of the molecule is COc1ccc(N=C(C)c2cccc(C(C)=Nc3ccc(OC)cc3)n2)cc1.COc1ccc(N=C(C)c2cccc(C(C)=Nc3ccc(OC)cc3)n2)cc1.F[P-](F)(F)(F)(F)F.F[P-](F)(F)(F)(F)F.[Ni+2]. The molecule has 6 rings (SSSR count). The molecule has 0 spiro atoms. The average molecular weight is 1100 g/mol. The van der Waals surface area contributed by atoms with Crippen LogP contribution in [0.4, 0.5) is 73.1 Å². The fraction of sp³-hybridized carbons (Fsp3) is 0.174. The van der Waals surface area contributed by atoms with Crippen LogP contribution < -0.4 is 18.9 Å². The maximum absolute atomic E-state index is 10.7. The number of ether oxygens (including phenoxy) is 4. The predicted octanol–water partition coefficient (Wildman–Crippen LogP) is 17.5. The van der Waals surface area contributed by atoms with Gasteiger partial charge in [0.25, 0.3) is 0 Å². The van der Waals surface area contributed by atoms with E-state index in [0.29, 0.717) is 0 Å². The summed E-state index contributed by atoms with van der Waals surface area (Å²) in [5.74, 6) is 3.23. The molecule has 0 radical (unpaired) electrons. The van der Waals surface area contributed by atoms with Crippen molar-refractivity contribution in [3.05, 3.63) is 156 Å². The second-order valence-electron chi connectivity index (χ2n) is 14.3. The Balaban J connectivity index is 0.000000380. The molecule has 0 atom stereocenters. The first-order valence-electron chi connectivity index (χ1n) is 19.9. The van der Waals surface area contributed by atoms with Crippen LogP contribution >= 0.6 is 15.6 Å². The van der Waals surface area contributed by atoms with Crippen LogP contribution in [0.5, 0.6) is 23.0 Å². The van der Waals surface area contributed by atoms with Crippen molar-refractivity contribution in [1.29, 1.82) is 0 Å². The molecule has 0 amide bonds. The molecule has 10 nitrogen and oxygen atoms in total. The molecule has 4 aromatic carbocycles. The number of benzene rings is 4. The second-order valence-corrected chi connectivity index (χ2v) is 18.1. The number of pyridine rings is 2. The smallest absolute Gasteiger partial charge is 2.00 e. The summed E-state index contributed by atoms with van der Waals surface area (Å²) in [6.45, 7) is 7.80. The van der Waals surface area contributed by atoms with Gasteiger partial charge >= 0.3 is 82.5 Å². The minimum absolute atomic E-state index is 0. The van der Waals surface area contributed by atoms with Crippen molar-refractivity contribution in [2.24, 2.45) is 20.0 Å². The largest absolute Gasteiger partial charge is 2.00 e. The van der Waals surface area contributed by atoms with Crippen LogP contribution in [-0.4, -0.2) is 61.3 Å². The third-order valence-corrected chi connectivity index (χ3v) is 8.46. The summed E-state index contributed by atoms with van der Waals surface area (Å²) in [6.07, 6.45) is 0. The maximum atomic E-state index is 9.87. The summed E-state index contributed by atoms with van der Waals surface area (Å²) >= 11 is 0. The van der Waals surface area contributed by atoms with Crippen LogP contribution in [0.15, 0.2) is 153 Å². The zero-order valence-electron chi connectivity index (χ0n) is 38.8. The minimum Gasteiger partial charge on any atom is 2.00 e. The predicted molar refractivity (Wildman–Crippen MR) is 255 cm³/mol. The molecule has 25 heteroatoms. The Kier molecular flexibility index (Phi) is 19.8. The van der Waals surface area contributed by atoms with Crippen molar-refractivity contribution in [3.63, 3.8) is 0 Å². The van der Waals surface area contributed by atoms with Crippen LogP contribution in [-0.2, 0) is 16.5 Å². The van der Waals surface area contributed by atoms with Gasteiger partial charge < -0.3 is 18.9 Å². The Morgan fingerprint density at radius 1 is 0.324 bits per heavy atom. The van der Waals surface area contributed by atoms with Gasteiger partial charge in [-0.25, -0.2) is 9.97 Å². The Labute approximate surface area is 411 Å². The fourth-order valence-corrected chi connectivity index (χ4v) is 5.31. The van der Waals surface area contributed by atoms with E-state index in [2.05, 4.69) is 20.0 Å². The number of hydrogen-bond donors (Lipinski definition) is 0. The standard InChI is InChI=1S/2C23H23N3O2.2F6P.Ni/c2*1-16(24-18-8-12-20(27-3)13-9-18)22-6-5-7-23(26-22)17(2)25-19-10-14-21(28-4)15-11-19;2*1-7(2,3,4,5)6;/h2*5-15H,1-4H3;;;/q;;2*-1;+2. The van der Waals surface area contributed by atoms with Gasteiger partial charge in [0.15, 0.2) is 0 Å². The van der Waals surface area contributed by atoms with Crippen LogP contribution in [0.25, 0.3) is 0 Å². The summed E-state index contributed by atoms with van der Waals surface area (Å²) in [5, 5.41) is 0. The van der Waals surface area contributed by atoms with E-state index in [1.165, 1.54) is 0 Å². The summed E-state index contributed by atoms with van der Waals surface area (Å²) in [7, 11) is -14.7. The van der Waals surface area contributed by atoms with E-state index in [1.807, 2.05) is 161 Å². The van der Waals surface area contributed by atoms with E-state index in [1.54, 1.807) is 28.4 Å². The summed E-state index contributed by atoms with van der Waals surface area (Å²) in [6, 6.07) is 42.2. The normalized spacial score (nSPS) is 14.0. The summed E-state index contributed by atoms with van der Waals surface area (Å²) < 4.78 is 139. The van der Waals surface area contributed by atoms with Crippen LogP contribution in [0.2, 0.25) is 0 Å². The Bertz CT molecular complexity index is 2450. The number of aliphatic imine (C=N–C) groups is 4. The van der Waals surface area contributed by atoms with Crippen LogP contribution in [0, 0.1) is 0 Å². The molecule has 2 heterocycles.